The molecule has 2 bridgehead atoms. The number of amides is 2. The molecule has 5 rings (SSSR count). The second-order valence-electron chi connectivity index (χ2n) is 9.59. The molecule has 2 amide bonds. The van der Waals surface area contributed by atoms with Crippen LogP contribution >= 0.6 is 0 Å². The van der Waals surface area contributed by atoms with E-state index in [1.165, 1.54) is 6.92 Å². The van der Waals surface area contributed by atoms with Crippen LogP contribution in [0.2, 0.25) is 0 Å². The van der Waals surface area contributed by atoms with Crippen LogP contribution in [-0.2, 0) is 4.74 Å². The Kier molecular flexibility index (Phi) is 4.69. The van der Waals surface area contributed by atoms with E-state index in [9.17, 15) is 9.18 Å². The van der Waals surface area contributed by atoms with E-state index in [-0.39, 0.29) is 29.8 Å². The third-order valence-electron chi connectivity index (χ3n) is 7.24. The number of piperidine rings is 1. The third kappa shape index (κ3) is 3.22. The first-order chi connectivity index (χ1) is 15.2. The van der Waals surface area contributed by atoms with Gasteiger partial charge in [-0.25, -0.2) is 19.2 Å². The minimum atomic E-state index is -0.790. The van der Waals surface area contributed by atoms with E-state index in [1.807, 2.05) is 13.0 Å². The molecule has 1 aromatic heterocycles. The Morgan fingerprint density at radius 2 is 1.97 bits per heavy atom. The number of ether oxygens (including phenoxy) is 1. The summed E-state index contributed by atoms with van der Waals surface area (Å²) in [5, 5.41) is 19.2. The molecule has 0 aromatic carbocycles. The molecule has 1 saturated heterocycles. The molecule has 1 aromatic rings. The summed E-state index contributed by atoms with van der Waals surface area (Å²) in [6.45, 7) is 5.66. The highest BCUT2D eigenvalue weighted by Crippen LogP contribution is 2.54. The largest absolute Gasteiger partial charge is 0.428 e. The number of rotatable bonds is 3. The first kappa shape index (κ1) is 20.8. The fraction of sp³-hybridized carbons (Fsp3) is 0.522. The predicted molar refractivity (Wildman–Crippen MR) is 116 cm³/mol. The molecule has 168 valence electrons. The molecular weight excluding hydrogens is 411 g/mol. The quantitative estimate of drug-likeness (QED) is 0.491. The molecular formula is C23H27FN6O2. The first-order valence-electron chi connectivity index (χ1n) is 11.0. The number of carbonyl (C=O) groups is 1. The number of urea groups is 1. The van der Waals surface area contributed by atoms with Crippen LogP contribution in [0.15, 0.2) is 29.7 Å². The van der Waals surface area contributed by atoms with Crippen molar-refractivity contribution in [2.75, 3.05) is 0 Å². The Morgan fingerprint density at radius 1 is 1.25 bits per heavy atom. The van der Waals surface area contributed by atoms with Crippen LogP contribution in [0.25, 0.3) is 5.57 Å². The SMILES string of the molecule is CC(=N)OC(=N)C12CC(C)CC(C1)N2C(=O)NC1=CC(c2ncc(F)cn2)=C(C)C2CC12. The lowest BCUT2D eigenvalue weighted by Crippen LogP contribution is -2.76. The van der Waals surface area contributed by atoms with Crippen LogP contribution < -0.4 is 5.32 Å². The molecule has 0 spiro atoms. The van der Waals surface area contributed by atoms with E-state index in [1.54, 1.807) is 4.90 Å². The Bertz CT molecular complexity index is 1080. The van der Waals surface area contributed by atoms with Crippen molar-refractivity contribution >= 4 is 23.4 Å². The van der Waals surface area contributed by atoms with Gasteiger partial charge in [0.15, 0.2) is 17.5 Å². The number of hydrogen-bond acceptors (Lipinski definition) is 6. The number of nitrogens with one attached hydrogen (secondary N) is 3. The summed E-state index contributed by atoms with van der Waals surface area (Å²) in [4.78, 5) is 23.4. The van der Waals surface area contributed by atoms with Gasteiger partial charge in [-0.3, -0.25) is 10.8 Å². The van der Waals surface area contributed by atoms with E-state index < -0.39 is 11.4 Å². The van der Waals surface area contributed by atoms with Crippen LogP contribution in [0.3, 0.4) is 0 Å². The first-order valence-corrected chi connectivity index (χ1v) is 11.0. The standard InChI is InChI=1S/C23H27FN6O2/c1-11-4-15-8-23(7-11,21(26)32-13(3)25)30(15)22(31)29-19-6-17(12(2)16-5-18(16)19)20-27-9-14(24)10-28-20/h6,9-11,15-16,18,25-26H,4-5,7-8H2,1-3H3,(H,29,31). The molecule has 0 radical (unpaired) electrons. The van der Waals surface area contributed by atoms with Crippen molar-refractivity contribution in [1.29, 1.82) is 10.8 Å². The Morgan fingerprint density at radius 3 is 2.66 bits per heavy atom. The molecule has 5 atom stereocenters. The zero-order chi connectivity index (χ0) is 22.8. The minimum absolute atomic E-state index is 0.0268. The summed E-state index contributed by atoms with van der Waals surface area (Å²) >= 11 is 0. The molecule has 1 aliphatic heterocycles. The lowest BCUT2D eigenvalue weighted by molar-refractivity contribution is -0.0575. The molecule has 4 aliphatic rings. The van der Waals surface area contributed by atoms with Crippen LogP contribution in [0.4, 0.5) is 9.18 Å². The zero-order valence-electron chi connectivity index (χ0n) is 18.4. The predicted octanol–water partition coefficient (Wildman–Crippen LogP) is 3.87. The van der Waals surface area contributed by atoms with E-state index in [4.69, 9.17) is 15.6 Å². The molecule has 3 aliphatic carbocycles. The molecule has 2 saturated carbocycles. The average Bonchev–Trinajstić information content (AvgIpc) is 3.51. The number of allylic oxidation sites excluding steroid dienone is 4. The van der Waals surface area contributed by atoms with Gasteiger partial charge in [-0.2, -0.15) is 0 Å². The topological polar surface area (TPSA) is 115 Å². The van der Waals surface area contributed by atoms with Crippen molar-refractivity contribution in [2.45, 2.75) is 58.0 Å². The number of fused-ring (bicyclic) bond motifs is 3. The molecule has 9 heteroatoms. The number of carbonyl (C=O) groups excluding carboxylic acids is 1. The molecule has 8 nitrogen and oxygen atoms in total. The smallest absolute Gasteiger partial charge is 0.322 e. The average molecular weight is 439 g/mol. The van der Waals surface area contributed by atoms with Crippen molar-refractivity contribution in [2.24, 2.45) is 17.8 Å². The van der Waals surface area contributed by atoms with Crippen LogP contribution in [0.1, 0.15) is 52.3 Å². The summed E-state index contributed by atoms with van der Waals surface area (Å²) in [6.07, 6.45) is 7.39. The van der Waals surface area contributed by atoms with Gasteiger partial charge in [-0.05, 0) is 44.1 Å². The maximum absolute atomic E-state index is 13.4. The summed E-state index contributed by atoms with van der Waals surface area (Å²) in [7, 11) is 0. The summed E-state index contributed by atoms with van der Waals surface area (Å²) in [5.41, 5.74) is 2.00. The van der Waals surface area contributed by atoms with Gasteiger partial charge < -0.3 is 15.0 Å². The molecule has 32 heavy (non-hydrogen) atoms. The number of hydrogen-bond donors (Lipinski definition) is 3. The van der Waals surface area contributed by atoms with Crippen molar-refractivity contribution in [3.8, 4) is 0 Å². The monoisotopic (exact) mass is 438 g/mol. The second-order valence-corrected chi connectivity index (χ2v) is 9.59. The van der Waals surface area contributed by atoms with Gasteiger partial charge in [0.05, 0.1) is 12.4 Å². The Balaban J connectivity index is 1.40. The number of aromatic nitrogens is 2. The molecule has 5 unspecified atom stereocenters. The van der Waals surface area contributed by atoms with Gasteiger partial charge in [-0.15, -0.1) is 0 Å². The highest BCUT2D eigenvalue weighted by atomic mass is 19.1. The van der Waals surface area contributed by atoms with Gasteiger partial charge in [0.2, 0.25) is 5.90 Å². The van der Waals surface area contributed by atoms with E-state index in [0.29, 0.717) is 30.5 Å². The fourth-order valence-electron chi connectivity index (χ4n) is 5.81. The van der Waals surface area contributed by atoms with Gasteiger partial charge in [-0.1, -0.05) is 12.5 Å². The number of nitrogens with zero attached hydrogens (tertiary/aromatic N) is 3. The normalized spacial score (nSPS) is 32.4. The van der Waals surface area contributed by atoms with Gasteiger partial charge in [0.25, 0.3) is 0 Å². The van der Waals surface area contributed by atoms with Crippen LogP contribution in [-0.4, -0.2) is 44.3 Å². The highest BCUT2D eigenvalue weighted by Gasteiger charge is 2.62. The van der Waals surface area contributed by atoms with E-state index >= 15 is 0 Å². The van der Waals surface area contributed by atoms with Crippen LogP contribution in [0.5, 0.6) is 0 Å². The zero-order valence-corrected chi connectivity index (χ0v) is 18.4. The van der Waals surface area contributed by atoms with Crippen molar-refractivity contribution < 1.29 is 13.9 Å². The van der Waals surface area contributed by atoms with Gasteiger partial charge in [0, 0.05) is 36.6 Å². The summed E-state index contributed by atoms with van der Waals surface area (Å²) in [6, 6.07) is -0.176. The van der Waals surface area contributed by atoms with Crippen molar-refractivity contribution in [3.05, 3.63) is 41.4 Å². The Hall–Kier alpha value is -3.10. The van der Waals surface area contributed by atoms with Crippen molar-refractivity contribution in [1.82, 2.24) is 20.2 Å². The van der Waals surface area contributed by atoms with Gasteiger partial charge >= 0.3 is 6.03 Å². The Labute approximate surface area is 186 Å². The number of likely N-dealkylation sites (tertiary alicyclic amines) is 1. The lowest BCUT2D eigenvalue weighted by atomic mass is 9.64. The molecule has 3 N–H and O–H groups in total. The van der Waals surface area contributed by atoms with Crippen LogP contribution in [0, 0.1) is 34.4 Å². The fourth-order valence-corrected chi connectivity index (χ4v) is 5.81. The second kappa shape index (κ2) is 7.21. The molecule has 2 heterocycles. The summed E-state index contributed by atoms with van der Waals surface area (Å²) < 4.78 is 18.6. The highest BCUT2D eigenvalue weighted by molar-refractivity contribution is 5.98. The van der Waals surface area contributed by atoms with E-state index in [0.717, 1.165) is 42.1 Å². The van der Waals surface area contributed by atoms with E-state index in [2.05, 4.69) is 22.2 Å². The third-order valence-corrected chi connectivity index (χ3v) is 7.24. The van der Waals surface area contributed by atoms with Gasteiger partial charge in [0.1, 0.15) is 5.54 Å². The minimum Gasteiger partial charge on any atom is -0.428 e. The summed E-state index contributed by atoms with van der Waals surface area (Å²) in [5.74, 6) is 0.835. The number of halogens is 1. The molecule has 3 fully saturated rings. The maximum atomic E-state index is 13.4. The van der Waals surface area contributed by atoms with Crippen molar-refractivity contribution in [3.63, 3.8) is 0 Å². The lowest BCUT2D eigenvalue weighted by Gasteiger charge is -2.62. The maximum Gasteiger partial charge on any atom is 0.322 e.